The van der Waals surface area contributed by atoms with Gasteiger partial charge in [-0.1, -0.05) is 5.21 Å². The third-order valence-corrected chi connectivity index (χ3v) is 3.91. The van der Waals surface area contributed by atoms with Gasteiger partial charge in [-0.25, -0.2) is 4.98 Å². The van der Waals surface area contributed by atoms with Gasteiger partial charge >= 0.3 is 0 Å². The maximum Gasteiger partial charge on any atom is 0.112 e. The zero-order valence-corrected chi connectivity index (χ0v) is 12.0. The molecule has 0 saturated carbocycles. The van der Waals surface area contributed by atoms with Crippen molar-refractivity contribution in [3.8, 4) is 0 Å². The van der Waals surface area contributed by atoms with Gasteiger partial charge in [0, 0.05) is 37.5 Å². The van der Waals surface area contributed by atoms with E-state index in [2.05, 4.69) is 34.5 Å². The molecule has 0 atom stereocenters. The van der Waals surface area contributed by atoms with Crippen molar-refractivity contribution in [2.75, 3.05) is 6.61 Å². The summed E-state index contributed by atoms with van der Waals surface area (Å²) in [6.45, 7) is 5.71. The predicted molar refractivity (Wildman–Crippen MR) is 73.7 cm³/mol. The molecule has 0 aromatic carbocycles. The molecule has 0 saturated heterocycles. The Morgan fingerprint density at radius 1 is 1.47 bits per heavy atom. The summed E-state index contributed by atoms with van der Waals surface area (Å²) in [6, 6.07) is 0. The van der Waals surface area contributed by atoms with Gasteiger partial charge in [-0.3, -0.25) is 4.68 Å². The number of hydrogen-bond acceptors (Lipinski definition) is 6. The van der Waals surface area contributed by atoms with E-state index in [0.29, 0.717) is 19.5 Å². The van der Waals surface area contributed by atoms with Crippen LogP contribution in [0.15, 0.2) is 17.8 Å². The monoisotopic (exact) mass is 281 g/mol. The lowest BCUT2D eigenvalue weighted by atomic mass is 10.1. The molecule has 104 valence electrons. The summed E-state index contributed by atoms with van der Waals surface area (Å²) >= 11 is 1.64. The zero-order chi connectivity index (χ0) is 13.7. The SMILES string of the molecule is CC(C)(NCc1cn(CCCO)nn1)c1nccs1. The molecule has 2 aromatic rings. The molecule has 0 bridgehead atoms. The van der Waals surface area contributed by atoms with E-state index in [4.69, 9.17) is 5.11 Å². The molecule has 19 heavy (non-hydrogen) atoms. The predicted octanol–water partition coefficient (Wildman–Crippen LogP) is 1.14. The highest BCUT2D eigenvalue weighted by Gasteiger charge is 2.22. The van der Waals surface area contributed by atoms with Crippen molar-refractivity contribution in [2.45, 2.75) is 38.9 Å². The fraction of sp³-hybridized carbons (Fsp3) is 0.583. The number of aliphatic hydroxyl groups is 1. The molecule has 2 aromatic heterocycles. The molecule has 6 nitrogen and oxygen atoms in total. The molecular weight excluding hydrogens is 262 g/mol. The van der Waals surface area contributed by atoms with Gasteiger partial charge < -0.3 is 10.4 Å². The second-order valence-electron chi connectivity index (χ2n) is 4.87. The maximum absolute atomic E-state index is 8.77. The summed E-state index contributed by atoms with van der Waals surface area (Å²) in [5.41, 5.74) is 0.714. The lowest BCUT2D eigenvalue weighted by Gasteiger charge is -2.23. The van der Waals surface area contributed by atoms with E-state index in [0.717, 1.165) is 10.7 Å². The summed E-state index contributed by atoms with van der Waals surface area (Å²) in [5, 5.41) is 23.4. The smallest absolute Gasteiger partial charge is 0.112 e. The Bertz CT molecular complexity index is 494. The normalized spacial score (nSPS) is 11.9. The fourth-order valence-corrected chi connectivity index (χ4v) is 2.42. The number of hydrogen-bond donors (Lipinski definition) is 2. The van der Waals surface area contributed by atoms with Crippen LogP contribution in [-0.2, 0) is 18.6 Å². The van der Waals surface area contributed by atoms with Crippen LogP contribution in [0.3, 0.4) is 0 Å². The largest absolute Gasteiger partial charge is 0.396 e. The molecule has 2 N–H and O–H groups in total. The molecule has 2 rings (SSSR count). The number of thiazole rings is 1. The number of aliphatic hydroxyl groups excluding tert-OH is 1. The molecule has 0 aliphatic rings. The fourth-order valence-electron chi connectivity index (χ4n) is 1.68. The summed E-state index contributed by atoms with van der Waals surface area (Å²) in [6.07, 6.45) is 4.41. The van der Waals surface area contributed by atoms with Crippen molar-refractivity contribution < 1.29 is 5.11 Å². The van der Waals surface area contributed by atoms with Crippen LogP contribution in [0.1, 0.15) is 31.0 Å². The molecule has 0 aliphatic carbocycles. The van der Waals surface area contributed by atoms with E-state index in [1.807, 2.05) is 17.8 Å². The van der Waals surface area contributed by atoms with Gasteiger partial charge in [0.1, 0.15) is 5.01 Å². The Labute approximate surface area is 116 Å². The van der Waals surface area contributed by atoms with Crippen LogP contribution < -0.4 is 5.32 Å². The van der Waals surface area contributed by atoms with Gasteiger partial charge in [0.25, 0.3) is 0 Å². The molecule has 0 amide bonds. The zero-order valence-electron chi connectivity index (χ0n) is 11.2. The Morgan fingerprint density at radius 2 is 2.32 bits per heavy atom. The van der Waals surface area contributed by atoms with Crippen LogP contribution in [0, 0.1) is 0 Å². The number of aromatic nitrogens is 4. The van der Waals surface area contributed by atoms with Crippen LogP contribution in [0.2, 0.25) is 0 Å². The van der Waals surface area contributed by atoms with Gasteiger partial charge in [0.15, 0.2) is 0 Å². The first-order valence-electron chi connectivity index (χ1n) is 6.27. The third kappa shape index (κ3) is 3.82. The number of nitrogens with one attached hydrogen (secondary N) is 1. The lowest BCUT2D eigenvalue weighted by molar-refractivity contribution is 0.276. The molecule has 2 heterocycles. The third-order valence-electron chi connectivity index (χ3n) is 2.81. The molecule has 0 unspecified atom stereocenters. The second kappa shape index (κ2) is 6.23. The van der Waals surface area contributed by atoms with Gasteiger partial charge in [-0.15, -0.1) is 16.4 Å². The van der Waals surface area contributed by atoms with Gasteiger partial charge in [-0.2, -0.15) is 0 Å². The standard InChI is InChI=1S/C12H19N5OS/c1-12(2,11-13-4-7-19-11)14-8-10-9-17(16-15-10)5-3-6-18/h4,7,9,14,18H,3,5-6,8H2,1-2H3. The van der Waals surface area contributed by atoms with Crippen molar-refractivity contribution in [3.63, 3.8) is 0 Å². The molecule has 7 heteroatoms. The maximum atomic E-state index is 8.77. The average Bonchev–Trinajstić information content (AvgIpc) is 3.05. The Morgan fingerprint density at radius 3 is 3.00 bits per heavy atom. The van der Waals surface area contributed by atoms with E-state index >= 15 is 0 Å². The Kier molecular flexibility index (Phi) is 4.62. The van der Waals surface area contributed by atoms with Gasteiger partial charge in [0.05, 0.1) is 11.2 Å². The van der Waals surface area contributed by atoms with E-state index in [1.54, 1.807) is 16.0 Å². The van der Waals surface area contributed by atoms with Crippen molar-refractivity contribution in [1.29, 1.82) is 0 Å². The Balaban J connectivity index is 1.90. The van der Waals surface area contributed by atoms with Crippen LogP contribution >= 0.6 is 11.3 Å². The van der Waals surface area contributed by atoms with E-state index < -0.39 is 0 Å². The van der Waals surface area contributed by atoms with E-state index in [1.165, 1.54) is 0 Å². The second-order valence-corrected chi connectivity index (χ2v) is 5.76. The molecule has 0 radical (unpaired) electrons. The average molecular weight is 281 g/mol. The summed E-state index contributed by atoms with van der Waals surface area (Å²) in [7, 11) is 0. The van der Waals surface area contributed by atoms with Crippen molar-refractivity contribution in [3.05, 3.63) is 28.5 Å². The molecule has 0 aliphatic heterocycles. The molecule has 0 spiro atoms. The first-order valence-corrected chi connectivity index (χ1v) is 7.14. The summed E-state index contributed by atoms with van der Waals surface area (Å²) in [4.78, 5) is 4.33. The number of nitrogens with zero attached hydrogens (tertiary/aromatic N) is 4. The number of aryl methyl sites for hydroxylation is 1. The van der Waals surface area contributed by atoms with E-state index in [9.17, 15) is 0 Å². The van der Waals surface area contributed by atoms with Gasteiger partial charge in [0.2, 0.25) is 0 Å². The highest BCUT2D eigenvalue weighted by molar-refractivity contribution is 7.09. The Hall–Kier alpha value is -1.31. The van der Waals surface area contributed by atoms with Crippen LogP contribution in [0.25, 0.3) is 0 Å². The van der Waals surface area contributed by atoms with Crippen LogP contribution in [0.4, 0.5) is 0 Å². The topological polar surface area (TPSA) is 75.9 Å². The van der Waals surface area contributed by atoms with Crippen molar-refractivity contribution >= 4 is 11.3 Å². The van der Waals surface area contributed by atoms with Crippen LogP contribution in [0.5, 0.6) is 0 Å². The summed E-state index contributed by atoms with van der Waals surface area (Å²) < 4.78 is 1.75. The van der Waals surface area contributed by atoms with Crippen molar-refractivity contribution in [2.24, 2.45) is 0 Å². The highest BCUT2D eigenvalue weighted by Crippen LogP contribution is 2.22. The minimum Gasteiger partial charge on any atom is -0.396 e. The van der Waals surface area contributed by atoms with Crippen molar-refractivity contribution in [1.82, 2.24) is 25.3 Å². The molecular formula is C12H19N5OS. The minimum absolute atomic E-state index is 0.171. The van der Waals surface area contributed by atoms with E-state index in [-0.39, 0.29) is 12.1 Å². The van der Waals surface area contributed by atoms with Crippen LogP contribution in [-0.4, -0.2) is 31.7 Å². The quantitative estimate of drug-likeness (QED) is 0.796. The number of rotatable bonds is 7. The first-order chi connectivity index (χ1) is 9.12. The molecule has 0 fully saturated rings. The lowest BCUT2D eigenvalue weighted by Crippen LogP contribution is -2.35. The minimum atomic E-state index is -0.178. The first kappa shape index (κ1) is 14.1. The highest BCUT2D eigenvalue weighted by atomic mass is 32.1. The summed E-state index contributed by atoms with van der Waals surface area (Å²) in [5.74, 6) is 0. The van der Waals surface area contributed by atoms with Gasteiger partial charge in [-0.05, 0) is 20.3 Å².